The molecule has 1 aliphatic carbocycles. The molecule has 0 N–H and O–H groups in total. The molecule has 3 rings (SSSR count). The van der Waals surface area contributed by atoms with E-state index in [2.05, 4.69) is 11.9 Å². The van der Waals surface area contributed by atoms with Gasteiger partial charge < -0.3 is 19.1 Å². The molecule has 1 aromatic rings. The van der Waals surface area contributed by atoms with E-state index in [1.54, 1.807) is 4.90 Å². The van der Waals surface area contributed by atoms with E-state index in [0.717, 1.165) is 12.0 Å². The molecule has 0 unspecified atom stereocenters. The highest BCUT2D eigenvalue weighted by Crippen LogP contribution is 2.31. The van der Waals surface area contributed by atoms with Gasteiger partial charge in [-0.1, -0.05) is 6.92 Å². The normalized spacial score (nSPS) is 23.4. The quantitative estimate of drug-likeness (QED) is 0.814. The van der Waals surface area contributed by atoms with E-state index in [4.69, 9.17) is 14.2 Å². The monoisotopic (exact) mass is 348 g/mol. The summed E-state index contributed by atoms with van der Waals surface area (Å²) >= 11 is 0. The number of pyridine rings is 1. The predicted octanol–water partition coefficient (Wildman–Crippen LogP) is 3.78. The summed E-state index contributed by atoms with van der Waals surface area (Å²) < 4.78 is 17.2. The highest BCUT2D eigenvalue weighted by atomic mass is 16.6. The first-order valence-corrected chi connectivity index (χ1v) is 9.09. The number of fused-ring (bicyclic) bond motifs is 1. The third-order valence-corrected chi connectivity index (χ3v) is 4.58. The molecule has 0 bridgehead atoms. The molecular weight excluding hydrogens is 320 g/mol. The molecule has 25 heavy (non-hydrogen) atoms. The van der Waals surface area contributed by atoms with Crippen molar-refractivity contribution in [2.75, 3.05) is 13.2 Å². The molecule has 0 aromatic carbocycles. The van der Waals surface area contributed by atoms with Crippen LogP contribution in [0.3, 0.4) is 0 Å². The molecule has 2 atom stereocenters. The Morgan fingerprint density at radius 1 is 1.32 bits per heavy atom. The van der Waals surface area contributed by atoms with E-state index in [-0.39, 0.29) is 12.2 Å². The maximum atomic E-state index is 12.3. The zero-order valence-corrected chi connectivity index (χ0v) is 15.6. The smallest absolute Gasteiger partial charge is 0.410 e. The molecular formula is C19H28N2O4. The van der Waals surface area contributed by atoms with Gasteiger partial charge in [-0.25, -0.2) is 4.79 Å². The number of carbonyl (C=O) groups is 1. The molecule has 1 aromatic heterocycles. The second kappa shape index (κ2) is 7.10. The van der Waals surface area contributed by atoms with Gasteiger partial charge in [0, 0.05) is 11.6 Å². The summed E-state index contributed by atoms with van der Waals surface area (Å²) in [6.07, 6.45) is 3.39. The van der Waals surface area contributed by atoms with Gasteiger partial charge in [0.2, 0.25) is 11.8 Å². The van der Waals surface area contributed by atoms with Crippen LogP contribution in [0.5, 0.6) is 11.8 Å². The SMILES string of the molecule is C[C@@H]1CCC[C@H]1Oc1ccc2c(n1)OCCN(C(=O)OC(C)(C)C)C2. The Morgan fingerprint density at radius 2 is 2.12 bits per heavy atom. The number of ether oxygens (including phenoxy) is 3. The molecule has 6 heteroatoms. The Hall–Kier alpha value is -1.98. The number of nitrogens with zero attached hydrogens (tertiary/aromatic N) is 2. The lowest BCUT2D eigenvalue weighted by atomic mass is 10.1. The maximum absolute atomic E-state index is 12.3. The molecule has 0 spiro atoms. The van der Waals surface area contributed by atoms with Gasteiger partial charge in [0.15, 0.2) is 0 Å². The molecule has 1 amide bonds. The molecule has 1 fully saturated rings. The Labute approximate surface area is 149 Å². The van der Waals surface area contributed by atoms with Crippen molar-refractivity contribution in [1.82, 2.24) is 9.88 Å². The molecule has 6 nitrogen and oxygen atoms in total. The minimum absolute atomic E-state index is 0.231. The van der Waals surface area contributed by atoms with Gasteiger partial charge in [0.05, 0.1) is 13.1 Å². The third-order valence-electron chi connectivity index (χ3n) is 4.58. The van der Waals surface area contributed by atoms with E-state index >= 15 is 0 Å². The number of carbonyl (C=O) groups excluding carboxylic acids is 1. The summed E-state index contributed by atoms with van der Waals surface area (Å²) in [5, 5.41) is 0. The molecule has 1 aliphatic heterocycles. The molecule has 138 valence electrons. The molecule has 0 radical (unpaired) electrons. The second-order valence-electron chi connectivity index (χ2n) is 7.93. The van der Waals surface area contributed by atoms with Gasteiger partial charge in [-0.15, -0.1) is 0 Å². The zero-order valence-electron chi connectivity index (χ0n) is 15.6. The van der Waals surface area contributed by atoms with E-state index < -0.39 is 5.60 Å². The van der Waals surface area contributed by atoms with E-state index in [1.165, 1.54) is 12.8 Å². The fraction of sp³-hybridized carbons (Fsp3) is 0.684. The zero-order chi connectivity index (χ0) is 18.0. The number of hydrogen-bond acceptors (Lipinski definition) is 5. The number of rotatable bonds is 2. The summed E-state index contributed by atoms with van der Waals surface area (Å²) in [5.41, 5.74) is 0.358. The average molecular weight is 348 g/mol. The first-order valence-electron chi connectivity index (χ1n) is 9.09. The highest BCUT2D eigenvalue weighted by molar-refractivity contribution is 5.68. The lowest BCUT2D eigenvalue weighted by molar-refractivity contribution is 0.0225. The van der Waals surface area contributed by atoms with E-state index in [0.29, 0.717) is 37.4 Å². The van der Waals surface area contributed by atoms with E-state index in [9.17, 15) is 4.79 Å². The average Bonchev–Trinajstić information content (AvgIpc) is 2.80. The minimum Gasteiger partial charge on any atom is -0.475 e. The molecule has 2 aliphatic rings. The fourth-order valence-electron chi connectivity index (χ4n) is 3.22. The first-order chi connectivity index (χ1) is 11.8. The lowest BCUT2D eigenvalue weighted by Gasteiger charge is -2.26. The van der Waals surface area contributed by atoms with Crippen molar-refractivity contribution >= 4 is 6.09 Å². The summed E-state index contributed by atoms with van der Waals surface area (Å²) in [5.74, 6) is 1.71. The Morgan fingerprint density at radius 3 is 2.80 bits per heavy atom. The van der Waals surface area contributed by atoms with Crippen LogP contribution in [0.4, 0.5) is 4.79 Å². The topological polar surface area (TPSA) is 60.9 Å². The van der Waals surface area contributed by atoms with Crippen LogP contribution in [0.15, 0.2) is 12.1 Å². The summed E-state index contributed by atoms with van der Waals surface area (Å²) in [6, 6.07) is 3.80. The second-order valence-corrected chi connectivity index (χ2v) is 7.93. The Balaban J connectivity index is 1.69. The molecule has 0 saturated heterocycles. The van der Waals surface area contributed by atoms with Gasteiger partial charge in [-0.05, 0) is 52.0 Å². The summed E-state index contributed by atoms with van der Waals surface area (Å²) in [4.78, 5) is 18.5. The summed E-state index contributed by atoms with van der Waals surface area (Å²) in [6.45, 7) is 9.10. The van der Waals surface area contributed by atoms with Crippen molar-refractivity contribution < 1.29 is 19.0 Å². The van der Waals surface area contributed by atoms with Crippen LogP contribution in [0, 0.1) is 5.92 Å². The van der Waals surface area contributed by atoms with E-state index in [1.807, 2.05) is 32.9 Å². The molecule has 2 heterocycles. The van der Waals surface area contributed by atoms with Crippen LogP contribution in [-0.2, 0) is 11.3 Å². The molecule has 1 saturated carbocycles. The maximum Gasteiger partial charge on any atom is 0.410 e. The Kier molecular flexibility index (Phi) is 5.06. The van der Waals surface area contributed by atoms with Gasteiger partial charge in [0.1, 0.15) is 18.3 Å². The summed E-state index contributed by atoms with van der Waals surface area (Å²) in [7, 11) is 0. The van der Waals surface area contributed by atoms with Crippen molar-refractivity contribution in [3.8, 4) is 11.8 Å². The lowest BCUT2D eigenvalue weighted by Crippen LogP contribution is -2.37. The van der Waals surface area contributed by atoms with Crippen LogP contribution < -0.4 is 9.47 Å². The fourth-order valence-corrected chi connectivity index (χ4v) is 3.22. The number of aromatic nitrogens is 1. The highest BCUT2D eigenvalue weighted by Gasteiger charge is 2.28. The van der Waals surface area contributed by atoms with Crippen molar-refractivity contribution in [2.24, 2.45) is 5.92 Å². The number of amides is 1. The van der Waals surface area contributed by atoms with Crippen molar-refractivity contribution in [1.29, 1.82) is 0 Å². The largest absolute Gasteiger partial charge is 0.475 e. The minimum atomic E-state index is -0.513. The van der Waals surface area contributed by atoms with Crippen LogP contribution in [0.2, 0.25) is 0 Å². The van der Waals surface area contributed by atoms with Crippen molar-refractivity contribution in [3.63, 3.8) is 0 Å². The van der Waals surface area contributed by atoms with Crippen molar-refractivity contribution in [3.05, 3.63) is 17.7 Å². The van der Waals surface area contributed by atoms with Crippen molar-refractivity contribution in [2.45, 2.75) is 65.2 Å². The van der Waals surface area contributed by atoms with Gasteiger partial charge in [-0.3, -0.25) is 0 Å². The number of hydrogen-bond donors (Lipinski definition) is 0. The van der Waals surface area contributed by atoms with Gasteiger partial charge in [-0.2, -0.15) is 4.98 Å². The first kappa shape index (κ1) is 17.8. The van der Waals surface area contributed by atoms with Crippen LogP contribution >= 0.6 is 0 Å². The standard InChI is InChI=1S/C19H28N2O4/c1-13-6-5-7-15(13)24-16-9-8-14-12-21(10-11-23-17(14)20-16)18(22)25-19(2,3)4/h8-9,13,15H,5-7,10-12H2,1-4H3/t13-,15-/m1/s1. The van der Waals surface area contributed by atoms with Gasteiger partial charge in [0.25, 0.3) is 0 Å². The third kappa shape index (κ3) is 4.55. The predicted molar refractivity (Wildman–Crippen MR) is 93.8 cm³/mol. The van der Waals surface area contributed by atoms with Gasteiger partial charge >= 0.3 is 6.09 Å². The van der Waals surface area contributed by atoms with Crippen LogP contribution in [0.1, 0.15) is 52.5 Å². The van der Waals surface area contributed by atoms with Crippen LogP contribution in [0.25, 0.3) is 0 Å². The Bertz CT molecular complexity index is 626. The van der Waals surface area contributed by atoms with Crippen LogP contribution in [-0.4, -0.2) is 40.8 Å².